The minimum Gasteiger partial charge on any atom is -0.481 e. The van der Waals surface area contributed by atoms with Crippen LogP contribution < -0.4 is 5.32 Å². The van der Waals surface area contributed by atoms with Crippen molar-refractivity contribution in [2.45, 2.75) is 32.2 Å². The number of benzene rings is 1. The van der Waals surface area contributed by atoms with E-state index >= 15 is 0 Å². The van der Waals surface area contributed by atoms with Crippen molar-refractivity contribution in [1.29, 1.82) is 5.26 Å². The van der Waals surface area contributed by atoms with Crippen LogP contribution in [0.5, 0.6) is 0 Å². The number of carboxylic acids is 1. The van der Waals surface area contributed by atoms with E-state index in [1.807, 2.05) is 6.07 Å². The number of carbonyl (C=O) groups is 1. The number of carboxylic acid groups (broad SMARTS) is 1. The lowest BCUT2D eigenvalue weighted by Crippen LogP contribution is -2.34. The van der Waals surface area contributed by atoms with E-state index in [0.29, 0.717) is 24.2 Å². The minimum atomic E-state index is -0.732. The Kier molecular flexibility index (Phi) is 5.29. The molecule has 1 saturated carbocycles. The van der Waals surface area contributed by atoms with Crippen LogP contribution in [0.15, 0.2) is 18.2 Å². The zero-order chi connectivity index (χ0) is 15.2. The summed E-state index contributed by atoms with van der Waals surface area (Å²) in [5, 5.41) is 21.4. The van der Waals surface area contributed by atoms with Crippen LogP contribution in [0.1, 0.15) is 36.8 Å². The van der Waals surface area contributed by atoms with Crippen molar-refractivity contribution >= 4 is 5.97 Å². The van der Waals surface area contributed by atoms with E-state index in [0.717, 1.165) is 25.7 Å². The molecule has 2 N–H and O–H groups in total. The molecule has 21 heavy (non-hydrogen) atoms. The largest absolute Gasteiger partial charge is 0.481 e. The molecule has 2 atom stereocenters. The second kappa shape index (κ2) is 7.19. The number of rotatable bonds is 5. The van der Waals surface area contributed by atoms with Crippen LogP contribution >= 0.6 is 0 Å². The molecule has 4 nitrogen and oxygen atoms in total. The number of aliphatic carboxylic acids is 1. The van der Waals surface area contributed by atoms with Crippen LogP contribution in [-0.2, 0) is 11.3 Å². The summed E-state index contributed by atoms with van der Waals surface area (Å²) >= 11 is 0. The van der Waals surface area contributed by atoms with Crippen molar-refractivity contribution in [2.75, 3.05) is 6.54 Å². The summed E-state index contributed by atoms with van der Waals surface area (Å²) in [7, 11) is 0. The number of hydrogen-bond donors (Lipinski definition) is 2. The number of nitrogens with one attached hydrogen (secondary N) is 1. The molecule has 1 aliphatic carbocycles. The monoisotopic (exact) mass is 290 g/mol. The van der Waals surface area contributed by atoms with Crippen LogP contribution in [0.3, 0.4) is 0 Å². The molecule has 0 amide bonds. The fraction of sp³-hybridized carbons (Fsp3) is 0.500. The third-order valence-corrected chi connectivity index (χ3v) is 4.14. The van der Waals surface area contributed by atoms with Gasteiger partial charge < -0.3 is 10.4 Å². The molecule has 1 aromatic rings. The Morgan fingerprint density at radius 1 is 1.43 bits per heavy atom. The van der Waals surface area contributed by atoms with Gasteiger partial charge in [-0.05, 0) is 49.1 Å². The third-order valence-electron chi connectivity index (χ3n) is 4.14. The van der Waals surface area contributed by atoms with Gasteiger partial charge in [0.25, 0.3) is 0 Å². The summed E-state index contributed by atoms with van der Waals surface area (Å²) < 4.78 is 13.2. The molecule has 1 aromatic carbocycles. The fourth-order valence-electron chi connectivity index (χ4n) is 2.99. The molecule has 0 spiro atoms. The minimum absolute atomic E-state index is 0.107. The van der Waals surface area contributed by atoms with Crippen molar-refractivity contribution in [3.8, 4) is 6.07 Å². The zero-order valence-corrected chi connectivity index (χ0v) is 11.8. The standard InChI is InChI=1S/C16H19FN2O2/c17-14-6-5-11(8-18)13(7-14)10-19-9-12-3-1-2-4-15(12)16(20)21/h5-7,12,15,19H,1-4,9-10H2,(H,20,21). The summed E-state index contributed by atoms with van der Waals surface area (Å²) in [6, 6.07) is 6.12. The van der Waals surface area contributed by atoms with E-state index in [4.69, 9.17) is 5.26 Å². The smallest absolute Gasteiger partial charge is 0.306 e. The van der Waals surface area contributed by atoms with Crippen molar-refractivity contribution in [2.24, 2.45) is 11.8 Å². The first kappa shape index (κ1) is 15.5. The van der Waals surface area contributed by atoms with E-state index < -0.39 is 5.97 Å². The normalized spacial score (nSPS) is 21.7. The molecule has 5 heteroatoms. The van der Waals surface area contributed by atoms with Gasteiger partial charge in [-0.15, -0.1) is 0 Å². The SMILES string of the molecule is N#Cc1ccc(F)cc1CNCC1CCCCC1C(=O)O. The Morgan fingerprint density at radius 3 is 2.90 bits per heavy atom. The molecule has 0 saturated heterocycles. The molecule has 2 rings (SSSR count). The molecule has 1 fully saturated rings. The van der Waals surface area contributed by atoms with Gasteiger partial charge >= 0.3 is 5.97 Å². The highest BCUT2D eigenvalue weighted by Gasteiger charge is 2.30. The van der Waals surface area contributed by atoms with E-state index in [-0.39, 0.29) is 17.7 Å². The molecule has 0 aliphatic heterocycles. The number of nitriles is 1. The van der Waals surface area contributed by atoms with Crippen LogP contribution in [0.4, 0.5) is 4.39 Å². The first-order valence-electron chi connectivity index (χ1n) is 7.24. The highest BCUT2D eigenvalue weighted by atomic mass is 19.1. The predicted molar refractivity (Wildman–Crippen MR) is 75.9 cm³/mol. The molecule has 112 valence electrons. The number of hydrogen-bond acceptors (Lipinski definition) is 3. The Labute approximate surface area is 123 Å². The van der Waals surface area contributed by atoms with Crippen molar-refractivity contribution < 1.29 is 14.3 Å². The lowest BCUT2D eigenvalue weighted by Gasteiger charge is -2.28. The summed E-state index contributed by atoms with van der Waals surface area (Å²) in [4.78, 5) is 11.2. The van der Waals surface area contributed by atoms with Gasteiger partial charge in [-0.2, -0.15) is 5.26 Å². The zero-order valence-electron chi connectivity index (χ0n) is 11.8. The molecular weight excluding hydrogens is 271 g/mol. The maximum absolute atomic E-state index is 13.2. The van der Waals surface area contributed by atoms with Gasteiger partial charge in [0.1, 0.15) is 5.82 Å². The van der Waals surface area contributed by atoms with Gasteiger partial charge in [0.2, 0.25) is 0 Å². The van der Waals surface area contributed by atoms with Crippen LogP contribution in [0.25, 0.3) is 0 Å². The summed E-state index contributed by atoms with van der Waals surface area (Å²) in [5.74, 6) is -1.29. The molecule has 2 unspecified atom stereocenters. The Balaban J connectivity index is 1.93. The maximum Gasteiger partial charge on any atom is 0.306 e. The van der Waals surface area contributed by atoms with Crippen LogP contribution in [-0.4, -0.2) is 17.6 Å². The Hall–Kier alpha value is -1.93. The number of halogens is 1. The highest BCUT2D eigenvalue weighted by Crippen LogP contribution is 2.29. The molecule has 0 aromatic heterocycles. The first-order valence-corrected chi connectivity index (χ1v) is 7.24. The highest BCUT2D eigenvalue weighted by molar-refractivity contribution is 5.70. The summed E-state index contributed by atoms with van der Waals surface area (Å²) in [6.07, 6.45) is 3.65. The van der Waals surface area contributed by atoms with Crippen molar-refractivity contribution in [3.63, 3.8) is 0 Å². The van der Waals surface area contributed by atoms with Crippen molar-refractivity contribution in [1.82, 2.24) is 5.32 Å². The van der Waals surface area contributed by atoms with Gasteiger partial charge in [-0.3, -0.25) is 4.79 Å². The summed E-state index contributed by atoms with van der Waals surface area (Å²) in [6.45, 7) is 0.960. The lowest BCUT2D eigenvalue weighted by atomic mass is 9.79. The van der Waals surface area contributed by atoms with Crippen LogP contribution in [0, 0.1) is 29.0 Å². The molecule has 0 bridgehead atoms. The predicted octanol–water partition coefficient (Wildman–Crippen LogP) is 2.68. The second-order valence-corrected chi connectivity index (χ2v) is 5.53. The lowest BCUT2D eigenvalue weighted by molar-refractivity contribution is -0.144. The quantitative estimate of drug-likeness (QED) is 0.874. The first-order chi connectivity index (χ1) is 10.1. The van der Waals surface area contributed by atoms with E-state index in [1.165, 1.54) is 18.2 Å². The molecule has 0 radical (unpaired) electrons. The maximum atomic E-state index is 13.2. The Morgan fingerprint density at radius 2 is 2.19 bits per heavy atom. The Bertz CT molecular complexity index is 554. The van der Waals surface area contributed by atoms with E-state index in [2.05, 4.69) is 5.32 Å². The van der Waals surface area contributed by atoms with Gasteiger partial charge in [0, 0.05) is 6.54 Å². The van der Waals surface area contributed by atoms with E-state index in [1.54, 1.807) is 0 Å². The van der Waals surface area contributed by atoms with Gasteiger partial charge in [0.15, 0.2) is 0 Å². The average Bonchev–Trinajstić information content (AvgIpc) is 2.48. The van der Waals surface area contributed by atoms with Crippen LogP contribution in [0.2, 0.25) is 0 Å². The molecule has 1 aliphatic rings. The third kappa shape index (κ3) is 4.02. The average molecular weight is 290 g/mol. The topological polar surface area (TPSA) is 73.1 Å². The second-order valence-electron chi connectivity index (χ2n) is 5.53. The molecule has 0 heterocycles. The van der Waals surface area contributed by atoms with Gasteiger partial charge in [-0.25, -0.2) is 4.39 Å². The van der Waals surface area contributed by atoms with Gasteiger partial charge in [-0.1, -0.05) is 12.8 Å². The van der Waals surface area contributed by atoms with E-state index in [9.17, 15) is 14.3 Å². The number of nitrogens with zero attached hydrogens (tertiary/aromatic N) is 1. The molecular formula is C16H19FN2O2. The van der Waals surface area contributed by atoms with Gasteiger partial charge in [0.05, 0.1) is 17.6 Å². The van der Waals surface area contributed by atoms with Crippen molar-refractivity contribution in [3.05, 3.63) is 35.1 Å². The summed E-state index contributed by atoms with van der Waals surface area (Å²) in [5.41, 5.74) is 1.06. The fourth-order valence-corrected chi connectivity index (χ4v) is 2.99.